The van der Waals surface area contributed by atoms with Crippen molar-refractivity contribution >= 4 is 28.4 Å². The summed E-state index contributed by atoms with van der Waals surface area (Å²) in [5.74, 6) is 0.318. The van der Waals surface area contributed by atoms with Gasteiger partial charge in [-0.15, -0.1) is 0 Å². The van der Waals surface area contributed by atoms with Gasteiger partial charge in [0.25, 0.3) is 11.5 Å². The standard InChI is InChI=1S/C31H26ClN3O2/c1-21-9-8-12-26(19-21)35-29(33-28-14-7-6-13-27(28)31(35)37)22(2)34(20-23-10-4-3-5-11-23)30(36)24-15-17-25(32)18-16-24/h3-19,22H,20H2,1-2H3. The first-order chi connectivity index (χ1) is 17.9. The van der Waals surface area contributed by atoms with Gasteiger partial charge in [-0.05, 0) is 73.5 Å². The van der Waals surface area contributed by atoms with Crippen molar-refractivity contribution in [1.29, 1.82) is 0 Å². The van der Waals surface area contributed by atoms with E-state index in [9.17, 15) is 9.59 Å². The summed E-state index contributed by atoms with van der Waals surface area (Å²) < 4.78 is 1.63. The number of rotatable bonds is 6. The van der Waals surface area contributed by atoms with Gasteiger partial charge in [0.05, 0.1) is 22.6 Å². The molecule has 184 valence electrons. The van der Waals surface area contributed by atoms with Crippen LogP contribution in [0.1, 0.15) is 40.3 Å². The molecular formula is C31H26ClN3O2. The summed E-state index contributed by atoms with van der Waals surface area (Å²) in [5, 5.41) is 1.09. The molecule has 0 fully saturated rings. The van der Waals surface area contributed by atoms with Crippen molar-refractivity contribution in [3.63, 3.8) is 0 Å². The zero-order valence-corrected chi connectivity index (χ0v) is 21.4. The summed E-state index contributed by atoms with van der Waals surface area (Å²) in [7, 11) is 0. The maximum Gasteiger partial charge on any atom is 0.266 e. The molecule has 0 spiro atoms. The van der Waals surface area contributed by atoms with Crippen LogP contribution in [-0.2, 0) is 6.54 Å². The Morgan fingerprint density at radius 2 is 1.62 bits per heavy atom. The first-order valence-corrected chi connectivity index (χ1v) is 12.5. The average molecular weight is 508 g/mol. The zero-order chi connectivity index (χ0) is 25.9. The van der Waals surface area contributed by atoms with Gasteiger partial charge in [0.2, 0.25) is 0 Å². The maximum absolute atomic E-state index is 13.9. The van der Waals surface area contributed by atoms with Gasteiger partial charge in [0, 0.05) is 17.1 Å². The smallest absolute Gasteiger partial charge is 0.266 e. The molecule has 0 aliphatic rings. The van der Waals surface area contributed by atoms with E-state index < -0.39 is 6.04 Å². The highest BCUT2D eigenvalue weighted by Crippen LogP contribution is 2.27. The summed E-state index contributed by atoms with van der Waals surface area (Å²) in [6, 6.07) is 31.2. The Hall–Kier alpha value is -4.22. The number of aromatic nitrogens is 2. The SMILES string of the molecule is Cc1cccc(-n2c(C(C)N(Cc3ccccc3)C(=O)c3ccc(Cl)cc3)nc3ccccc3c2=O)c1. The largest absolute Gasteiger partial charge is 0.324 e. The highest BCUT2D eigenvalue weighted by atomic mass is 35.5. The van der Waals surface area contributed by atoms with Gasteiger partial charge >= 0.3 is 0 Å². The van der Waals surface area contributed by atoms with E-state index in [0.717, 1.165) is 11.1 Å². The summed E-state index contributed by atoms with van der Waals surface area (Å²) >= 11 is 6.09. The molecule has 0 N–H and O–H groups in total. The Morgan fingerprint density at radius 3 is 2.35 bits per heavy atom. The van der Waals surface area contributed by atoms with Gasteiger partial charge < -0.3 is 4.90 Å². The zero-order valence-electron chi connectivity index (χ0n) is 20.6. The molecule has 0 saturated carbocycles. The van der Waals surface area contributed by atoms with Crippen LogP contribution < -0.4 is 5.56 Å². The van der Waals surface area contributed by atoms with Crippen LogP contribution in [0.15, 0.2) is 108 Å². The number of benzene rings is 4. The molecule has 37 heavy (non-hydrogen) atoms. The van der Waals surface area contributed by atoms with Gasteiger partial charge in [0.1, 0.15) is 5.82 Å². The van der Waals surface area contributed by atoms with Crippen LogP contribution in [0.3, 0.4) is 0 Å². The van der Waals surface area contributed by atoms with Crippen LogP contribution in [0.2, 0.25) is 5.02 Å². The quantitative estimate of drug-likeness (QED) is 0.255. The van der Waals surface area contributed by atoms with Gasteiger partial charge in [-0.1, -0.05) is 66.2 Å². The van der Waals surface area contributed by atoms with Crippen LogP contribution in [0.4, 0.5) is 0 Å². The van der Waals surface area contributed by atoms with E-state index in [1.807, 2.05) is 86.6 Å². The molecule has 1 amide bonds. The lowest BCUT2D eigenvalue weighted by Crippen LogP contribution is -2.37. The molecule has 1 aromatic heterocycles. The second-order valence-corrected chi connectivity index (χ2v) is 9.50. The van der Waals surface area contributed by atoms with Gasteiger partial charge in [0.15, 0.2) is 0 Å². The molecule has 5 aromatic rings. The molecule has 0 saturated heterocycles. The molecule has 4 aromatic carbocycles. The second-order valence-electron chi connectivity index (χ2n) is 9.07. The number of hydrogen-bond donors (Lipinski definition) is 0. The van der Waals surface area contributed by atoms with Crippen molar-refractivity contribution < 1.29 is 4.79 Å². The highest BCUT2D eigenvalue weighted by molar-refractivity contribution is 6.30. The van der Waals surface area contributed by atoms with Crippen LogP contribution in [0, 0.1) is 6.92 Å². The Kier molecular flexibility index (Phi) is 6.89. The Morgan fingerprint density at radius 1 is 0.919 bits per heavy atom. The third-order valence-electron chi connectivity index (χ3n) is 6.45. The summed E-state index contributed by atoms with van der Waals surface area (Å²) in [6.45, 7) is 4.25. The number of halogens is 1. The fraction of sp³-hybridized carbons (Fsp3) is 0.129. The topological polar surface area (TPSA) is 55.2 Å². The van der Waals surface area contributed by atoms with E-state index in [0.29, 0.717) is 39.5 Å². The number of para-hydroxylation sites is 1. The number of fused-ring (bicyclic) bond motifs is 1. The molecule has 5 rings (SSSR count). The number of carbonyl (C=O) groups is 1. The lowest BCUT2D eigenvalue weighted by molar-refractivity contribution is 0.0664. The van der Waals surface area contributed by atoms with Gasteiger partial charge in [-0.3, -0.25) is 14.2 Å². The first-order valence-electron chi connectivity index (χ1n) is 12.1. The molecule has 1 heterocycles. The Labute approximate surface area is 220 Å². The molecule has 5 nitrogen and oxygen atoms in total. The van der Waals surface area contributed by atoms with E-state index in [-0.39, 0.29) is 11.5 Å². The molecular weight excluding hydrogens is 482 g/mol. The number of amides is 1. The van der Waals surface area contributed by atoms with Crippen LogP contribution >= 0.6 is 11.6 Å². The van der Waals surface area contributed by atoms with E-state index >= 15 is 0 Å². The molecule has 6 heteroatoms. The third kappa shape index (κ3) is 5.04. The van der Waals surface area contributed by atoms with Crippen molar-refractivity contribution in [2.24, 2.45) is 0 Å². The van der Waals surface area contributed by atoms with E-state index in [1.54, 1.807) is 39.8 Å². The van der Waals surface area contributed by atoms with Crippen molar-refractivity contribution in [1.82, 2.24) is 14.5 Å². The Bertz CT molecular complexity index is 1630. The van der Waals surface area contributed by atoms with Crippen molar-refractivity contribution in [3.8, 4) is 5.69 Å². The summed E-state index contributed by atoms with van der Waals surface area (Å²) in [6.07, 6.45) is 0. The minimum absolute atomic E-state index is 0.170. The molecule has 0 aliphatic heterocycles. The molecule has 0 bridgehead atoms. The van der Waals surface area contributed by atoms with Crippen LogP contribution in [0.25, 0.3) is 16.6 Å². The second kappa shape index (κ2) is 10.4. The number of nitrogens with zero attached hydrogens (tertiary/aromatic N) is 3. The molecule has 1 unspecified atom stereocenters. The van der Waals surface area contributed by atoms with E-state index in [4.69, 9.17) is 16.6 Å². The molecule has 0 aliphatic carbocycles. The van der Waals surface area contributed by atoms with Crippen molar-refractivity contribution in [2.75, 3.05) is 0 Å². The Balaban J connectivity index is 1.70. The van der Waals surface area contributed by atoms with E-state index in [1.165, 1.54) is 0 Å². The number of hydrogen-bond acceptors (Lipinski definition) is 3. The number of aryl methyl sites for hydroxylation is 1. The minimum atomic E-state index is -0.527. The molecule has 0 radical (unpaired) electrons. The van der Waals surface area contributed by atoms with Crippen molar-refractivity contribution in [2.45, 2.75) is 26.4 Å². The predicted octanol–water partition coefficient (Wildman–Crippen LogP) is 6.75. The monoisotopic (exact) mass is 507 g/mol. The fourth-order valence-electron chi connectivity index (χ4n) is 4.51. The average Bonchev–Trinajstić information content (AvgIpc) is 2.92. The van der Waals surface area contributed by atoms with Gasteiger partial charge in [-0.25, -0.2) is 4.98 Å². The predicted molar refractivity (Wildman–Crippen MR) is 148 cm³/mol. The van der Waals surface area contributed by atoms with Crippen LogP contribution in [0.5, 0.6) is 0 Å². The minimum Gasteiger partial charge on any atom is -0.324 e. The lowest BCUT2D eigenvalue weighted by Gasteiger charge is -2.31. The summed E-state index contributed by atoms with van der Waals surface area (Å²) in [4.78, 5) is 34.4. The fourth-order valence-corrected chi connectivity index (χ4v) is 4.64. The first kappa shape index (κ1) is 24.5. The lowest BCUT2D eigenvalue weighted by atomic mass is 10.1. The van der Waals surface area contributed by atoms with Crippen LogP contribution in [-0.4, -0.2) is 20.4 Å². The number of carbonyl (C=O) groups excluding carboxylic acids is 1. The van der Waals surface area contributed by atoms with Gasteiger partial charge in [-0.2, -0.15) is 0 Å². The normalized spacial score (nSPS) is 11.9. The van der Waals surface area contributed by atoms with Crippen molar-refractivity contribution in [3.05, 3.63) is 141 Å². The highest BCUT2D eigenvalue weighted by Gasteiger charge is 2.28. The third-order valence-corrected chi connectivity index (χ3v) is 6.70. The van der Waals surface area contributed by atoms with E-state index in [2.05, 4.69) is 0 Å². The molecule has 1 atom stereocenters. The maximum atomic E-state index is 13.9. The summed E-state index contributed by atoms with van der Waals surface area (Å²) in [5.41, 5.74) is 3.64.